The van der Waals surface area contributed by atoms with E-state index in [2.05, 4.69) is 34.5 Å². The number of nitrogens with one attached hydrogen (secondary N) is 1. The van der Waals surface area contributed by atoms with Gasteiger partial charge in [-0.2, -0.15) is 0 Å². The van der Waals surface area contributed by atoms with E-state index in [1.54, 1.807) is 19.2 Å². The average Bonchev–Trinajstić information content (AvgIpc) is 2.81. The molecule has 1 saturated heterocycles. The fourth-order valence-corrected chi connectivity index (χ4v) is 3.83. The van der Waals surface area contributed by atoms with Crippen LogP contribution >= 0.6 is 0 Å². The molecular formula is C24H32N2O4. The Morgan fingerprint density at radius 1 is 0.933 bits per heavy atom. The number of piperidine rings is 1. The van der Waals surface area contributed by atoms with E-state index in [1.165, 1.54) is 44.7 Å². The number of hydrogen-bond acceptors (Lipinski definition) is 5. The lowest BCUT2D eigenvalue weighted by Crippen LogP contribution is -2.29. The molecule has 162 valence electrons. The summed E-state index contributed by atoms with van der Waals surface area (Å²) in [5.74, 6) is 1.26. The van der Waals surface area contributed by atoms with E-state index in [1.807, 2.05) is 0 Å². The fraction of sp³-hybridized carbons (Fsp3) is 0.458. The SMILES string of the molecule is COc1cc(C(=O)NCCCc2ccc(N3CCCCC3)cc2)cc(OC)c1OC. The molecule has 6 nitrogen and oxygen atoms in total. The van der Waals surface area contributed by atoms with Crippen molar-refractivity contribution in [2.45, 2.75) is 32.1 Å². The van der Waals surface area contributed by atoms with Gasteiger partial charge in [-0.15, -0.1) is 0 Å². The summed E-state index contributed by atoms with van der Waals surface area (Å²) >= 11 is 0. The molecule has 1 N–H and O–H groups in total. The van der Waals surface area contributed by atoms with Crippen molar-refractivity contribution in [1.82, 2.24) is 5.32 Å². The van der Waals surface area contributed by atoms with Crippen LogP contribution < -0.4 is 24.4 Å². The van der Waals surface area contributed by atoms with Crippen molar-refractivity contribution in [1.29, 1.82) is 0 Å². The van der Waals surface area contributed by atoms with Crippen LogP contribution in [-0.4, -0.2) is 46.9 Å². The second-order valence-corrected chi connectivity index (χ2v) is 7.49. The van der Waals surface area contributed by atoms with Crippen LogP contribution in [0.2, 0.25) is 0 Å². The average molecular weight is 413 g/mol. The number of hydrogen-bond donors (Lipinski definition) is 1. The van der Waals surface area contributed by atoms with Gasteiger partial charge in [-0.3, -0.25) is 4.79 Å². The summed E-state index contributed by atoms with van der Waals surface area (Å²) in [5.41, 5.74) is 3.09. The number of benzene rings is 2. The standard InChI is InChI=1S/C24H32N2O4/c1-28-21-16-19(17-22(29-2)23(21)30-3)24(27)25-13-7-8-18-9-11-20(12-10-18)26-14-5-4-6-15-26/h9-12,16-17H,4-8,13-15H2,1-3H3,(H,25,27). The number of nitrogens with zero attached hydrogens (tertiary/aromatic N) is 1. The second kappa shape index (κ2) is 10.8. The smallest absolute Gasteiger partial charge is 0.251 e. The van der Waals surface area contributed by atoms with Crippen molar-refractivity contribution in [3.05, 3.63) is 47.5 Å². The number of carbonyl (C=O) groups is 1. The molecule has 0 aromatic heterocycles. The summed E-state index contributed by atoms with van der Waals surface area (Å²) in [6, 6.07) is 12.2. The predicted molar refractivity (Wildman–Crippen MR) is 119 cm³/mol. The number of aryl methyl sites for hydroxylation is 1. The van der Waals surface area contributed by atoms with Crippen LogP contribution in [0.25, 0.3) is 0 Å². The van der Waals surface area contributed by atoms with Crippen LogP contribution in [0.1, 0.15) is 41.6 Å². The monoisotopic (exact) mass is 412 g/mol. The number of rotatable bonds is 9. The minimum atomic E-state index is -0.158. The molecule has 1 heterocycles. The lowest BCUT2D eigenvalue weighted by molar-refractivity contribution is 0.0952. The van der Waals surface area contributed by atoms with Gasteiger partial charge in [0, 0.05) is 30.9 Å². The van der Waals surface area contributed by atoms with E-state index >= 15 is 0 Å². The lowest BCUT2D eigenvalue weighted by Gasteiger charge is -2.28. The topological polar surface area (TPSA) is 60.0 Å². The first-order valence-electron chi connectivity index (χ1n) is 10.6. The van der Waals surface area contributed by atoms with Gasteiger partial charge in [0.1, 0.15) is 0 Å². The summed E-state index contributed by atoms with van der Waals surface area (Å²) in [6.45, 7) is 2.92. The summed E-state index contributed by atoms with van der Waals surface area (Å²) in [7, 11) is 4.62. The van der Waals surface area contributed by atoms with Crippen LogP contribution in [0, 0.1) is 0 Å². The second-order valence-electron chi connectivity index (χ2n) is 7.49. The molecule has 0 aliphatic carbocycles. The fourth-order valence-electron chi connectivity index (χ4n) is 3.83. The molecule has 1 aliphatic heterocycles. The molecule has 1 amide bonds. The Hall–Kier alpha value is -2.89. The van der Waals surface area contributed by atoms with Crippen LogP contribution in [-0.2, 0) is 6.42 Å². The highest BCUT2D eigenvalue weighted by Gasteiger charge is 2.16. The molecule has 6 heteroatoms. The quantitative estimate of drug-likeness (QED) is 0.629. The van der Waals surface area contributed by atoms with Gasteiger partial charge in [0.25, 0.3) is 5.91 Å². The van der Waals surface area contributed by atoms with Gasteiger partial charge < -0.3 is 24.4 Å². The Bertz CT molecular complexity index is 805. The minimum Gasteiger partial charge on any atom is -0.493 e. The van der Waals surface area contributed by atoms with Crippen LogP contribution in [0.4, 0.5) is 5.69 Å². The van der Waals surface area contributed by atoms with Crippen LogP contribution in [0.15, 0.2) is 36.4 Å². The Kier molecular flexibility index (Phi) is 7.82. The maximum absolute atomic E-state index is 12.5. The highest BCUT2D eigenvalue weighted by molar-refractivity contribution is 5.95. The molecular weight excluding hydrogens is 380 g/mol. The minimum absolute atomic E-state index is 0.158. The van der Waals surface area contributed by atoms with Gasteiger partial charge in [0.2, 0.25) is 5.75 Å². The van der Waals surface area contributed by atoms with E-state index in [0.29, 0.717) is 29.4 Å². The third-order valence-corrected chi connectivity index (χ3v) is 5.51. The van der Waals surface area contributed by atoms with Gasteiger partial charge in [-0.05, 0) is 61.9 Å². The normalized spacial score (nSPS) is 13.6. The zero-order valence-electron chi connectivity index (χ0n) is 18.2. The Labute approximate surface area is 179 Å². The zero-order valence-corrected chi connectivity index (χ0v) is 18.2. The summed E-state index contributed by atoms with van der Waals surface area (Å²) in [4.78, 5) is 15.0. The number of ether oxygens (including phenoxy) is 3. The van der Waals surface area contributed by atoms with Crippen LogP contribution in [0.5, 0.6) is 17.2 Å². The highest BCUT2D eigenvalue weighted by atomic mass is 16.5. The molecule has 2 aromatic rings. The van der Waals surface area contributed by atoms with E-state index < -0.39 is 0 Å². The van der Waals surface area contributed by atoms with Crippen molar-refractivity contribution in [2.24, 2.45) is 0 Å². The van der Waals surface area contributed by atoms with Gasteiger partial charge in [-0.25, -0.2) is 0 Å². The lowest BCUT2D eigenvalue weighted by atomic mass is 10.1. The van der Waals surface area contributed by atoms with Crippen molar-refractivity contribution in [3.63, 3.8) is 0 Å². The third-order valence-electron chi connectivity index (χ3n) is 5.51. The molecule has 0 radical (unpaired) electrons. The molecule has 30 heavy (non-hydrogen) atoms. The molecule has 3 rings (SSSR count). The summed E-state index contributed by atoms with van der Waals surface area (Å²) in [5, 5.41) is 2.97. The Balaban J connectivity index is 1.50. The molecule has 0 unspecified atom stereocenters. The van der Waals surface area contributed by atoms with Gasteiger partial charge in [0.15, 0.2) is 11.5 Å². The third kappa shape index (κ3) is 5.38. The maximum atomic E-state index is 12.5. The number of anilines is 1. The zero-order chi connectivity index (χ0) is 21.3. The van der Waals surface area contributed by atoms with Crippen molar-refractivity contribution < 1.29 is 19.0 Å². The predicted octanol–water partition coefficient (Wildman–Crippen LogP) is 4.07. The first-order chi connectivity index (χ1) is 14.7. The van der Waals surface area contributed by atoms with Gasteiger partial charge in [-0.1, -0.05) is 12.1 Å². The Morgan fingerprint density at radius 3 is 2.13 bits per heavy atom. The highest BCUT2D eigenvalue weighted by Crippen LogP contribution is 2.38. The molecule has 0 atom stereocenters. The van der Waals surface area contributed by atoms with Gasteiger partial charge >= 0.3 is 0 Å². The van der Waals surface area contributed by atoms with Crippen LogP contribution in [0.3, 0.4) is 0 Å². The molecule has 0 spiro atoms. The molecule has 2 aromatic carbocycles. The Morgan fingerprint density at radius 2 is 1.57 bits per heavy atom. The number of amides is 1. The summed E-state index contributed by atoms with van der Waals surface area (Å²) < 4.78 is 15.9. The molecule has 0 saturated carbocycles. The first kappa shape index (κ1) is 21.8. The van der Waals surface area contributed by atoms with Crippen molar-refractivity contribution in [3.8, 4) is 17.2 Å². The molecule has 0 bridgehead atoms. The van der Waals surface area contributed by atoms with E-state index in [9.17, 15) is 4.79 Å². The maximum Gasteiger partial charge on any atom is 0.251 e. The van der Waals surface area contributed by atoms with Crippen molar-refractivity contribution >= 4 is 11.6 Å². The molecule has 1 aliphatic rings. The van der Waals surface area contributed by atoms with Gasteiger partial charge in [0.05, 0.1) is 21.3 Å². The van der Waals surface area contributed by atoms with E-state index in [4.69, 9.17) is 14.2 Å². The largest absolute Gasteiger partial charge is 0.493 e. The number of carbonyl (C=O) groups excluding carboxylic acids is 1. The van der Waals surface area contributed by atoms with Crippen molar-refractivity contribution in [2.75, 3.05) is 45.9 Å². The summed E-state index contributed by atoms with van der Waals surface area (Å²) in [6.07, 6.45) is 5.71. The van der Waals surface area contributed by atoms with E-state index in [0.717, 1.165) is 25.9 Å². The molecule has 1 fully saturated rings. The first-order valence-corrected chi connectivity index (χ1v) is 10.6. The van der Waals surface area contributed by atoms with E-state index in [-0.39, 0.29) is 5.91 Å². The number of methoxy groups -OCH3 is 3.